The third-order valence-electron chi connectivity index (χ3n) is 4.68. The lowest BCUT2D eigenvalue weighted by Crippen LogP contribution is -2.47. The highest BCUT2D eigenvalue weighted by molar-refractivity contribution is 5.82. The van der Waals surface area contributed by atoms with E-state index in [2.05, 4.69) is 15.2 Å². The Morgan fingerprint density at radius 1 is 1.36 bits per heavy atom. The molecule has 1 fully saturated rings. The van der Waals surface area contributed by atoms with Gasteiger partial charge in [-0.1, -0.05) is 30.3 Å². The van der Waals surface area contributed by atoms with Gasteiger partial charge in [-0.05, 0) is 32.3 Å². The summed E-state index contributed by atoms with van der Waals surface area (Å²) in [6.07, 6.45) is 3.54. The number of aromatic nitrogens is 3. The quantitative estimate of drug-likeness (QED) is 0.876. The summed E-state index contributed by atoms with van der Waals surface area (Å²) in [4.78, 5) is 19.2. The molecule has 1 aliphatic rings. The summed E-state index contributed by atoms with van der Waals surface area (Å²) in [7, 11) is 0. The first-order valence-electron chi connectivity index (χ1n) is 8.82. The average molecular weight is 342 g/mol. The maximum absolute atomic E-state index is 13.0. The molecule has 0 saturated carbocycles. The summed E-state index contributed by atoms with van der Waals surface area (Å²) in [5.74, 6) is 1.25. The lowest BCUT2D eigenvalue weighted by atomic mass is 9.89. The molecule has 6 nitrogen and oxygen atoms in total. The first-order valence-corrected chi connectivity index (χ1v) is 8.82. The molecule has 2 aromatic rings. The summed E-state index contributed by atoms with van der Waals surface area (Å²) in [6.45, 7) is 6.33. The number of carbonyl (C=O) groups excluding carboxylic acids is 1. The number of aromatic amines is 1. The Balaban J connectivity index is 1.54. The number of H-pyrrole nitrogens is 1. The third kappa shape index (κ3) is 4.45. The van der Waals surface area contributed by atoms with Crippen molar-refractivity contribution in [1.29, 1.82) is 0 Å². The lowest BCUT2D eigenvalue weighted by Gasteiger charge is -2.37. The molecule has 0 spiro atoms. The molecule has 25 heavy (non-hydrogen) atoms. The molecule has 1 atom stereocenters. The van der Waals surface area contributed by atoms with Crippen molar-refractivity contribution in [2.24, 2.45) is 5.41 Å². The van der Waals surface area contributed by atoms with Crippen LogP contribution in [0.1, 0.15) is 44.0 Å². The van der Waals surface area contributed by atoms with Crippen LogP contribution in [-0.2, 0) is 16.1 Å². The van der Waals surface area contributed by atoms with Gasteiger partial charge in [0, 0.05) is 19.0 Å². The molecule has 1 saturated heterocycles. The number of hydrogen-bond acceptors (Lipinski definition) is 4. The fraction of sp³-hybridized carbons (Fsp3) is 0.526. The van der Waals surface area contributed by atoms with E-state index in [9.17, 15) is 4.79 Å². The second kappa shape index (κ2) is 7.78. The maximum atomic E-state index is 13.0. The van der Waals surface area contributed by atoms with Gasteiger partial charge in [-0.3, -0.25) is 9.89 Å². The minimum absolute atomic E-state index is 0.143. The van der Waals surface area contributed by atoms with Crippen molar-refractivity contribution in [3.8, 4) is 0 Å². The van der Waals surface area contributed by atoms with Gasteiger partial charge in [0.05, 0.1) is 18.6 Å². The van der Waals surface area contributed by atoms with Crippen molar-refractivity contribution in [3.05, 3.63) is 48.0 Å². The molecular weight excluding hydrogens is 316 g/mol. The summed E-state index contributed by atoms with van der Waals surface area (Å²) >= 11 is 0. The van der Waals surface area contributed by atoms with Crippen LogP contribution >= 0.6 is 0 Å². The fourth-order valence-electron chi connectivity index (χ4n) is 3.28. The van der Waals surface area contributed by atoms with E-state index in [1.54, 1.807) is 0 Å². The number of ether oxygens (including phenoxy) is 1. The highest BCUT2D eigenvalue weighted by Crippen LogP contribution is 2.28. The number of carbonyl (C=O) groups is 1. The van der Waals surface area contributed by atoms with Gasteiger partial charge in [0.1, 0.15) is 12.2 Å². The first kappa shape index (κ1) is 17.6. The summed E-state index contributed by atoms with van der Waals surface area (Å²) in [5.41, 5.74) is 0.576. The number of nitrogens with zero attached hydrogens (tertiary/aromatic N) is 3. The van der Waals surface area contributed by atoms with Crippen molar-refractivity contribution >= 4 is 5.91 Å². The molecule has 1 aromatic carbocycles. The first-order chi connectivity index (χ1) is 12.1. The smallest absolute Gasteiger partial charge is 0.230 e. The monoisotopic (exact) mass is 342 g/mol. The lowest BCUT2D eigenvalue weighted by molar-refractivity contribution is -0.145. The van der Waals surface area contributed by atoms with E-state index in [0.717, 1.165) is 30.8 Å². The molecule has 1 N–H and O–H groups in total. The SMILES string of the molecule is CC(C)(COCc1ccccc1)C(=O)N1CCCC(c2ncn[nH]2)C1. The normalized spacial score (nSPS) is 18.3. The molecule has 0 aliphatic carbocycles. The third-order valence-corrected chi connectivity index (χ3v) is 4.68. The van der Waals surface area contributed by atoms with Gasteiger partial charge >= 0.3 is 0 Å². The minimum Gasteiger partial charge on any atom is -0.376 e. The number of benzene rings is 1. The second-order valence-electron chi connectivity index (χ2n) is 7.32. The molecule has 1 aliphatic heterocycles. The molecule has 3 rings (SSSR count). The Labute approximate surface area is 148 Å². The van der Waals surface area contributed by atoms with E-state index in [-0.39, 0.29) is 11.8 Å². The van der Waals surface area contributed by atoms with Crippen molar-refractivity contribution in [1.82, 2.24) is 20.1 Å². The number of amides is 1. The van der Waals surface area contributed by atoms with Crippen molar-refractivity contribution in [3.63, 3.8) is 0 Å². The number of rotatable bonds is 6. The summed E-state index contributed by atoms with van der Waals surface area (Å²) < 4.78 is 5.82. The number of likely N-dealkylation sites (tertiary alicyclic amines) is 1. The largest absolute Gasteiger partial charge is 0.376 e. The van der Waals surface area contributed by atoms with E-state index in [1.807, 2.05) is 49.1 Å². The summed E-state index contributed by atoms with van der Waals surface area (Å²) in [6, 6.07) is 10.0. The van der Waals surface area contributed by atoms with Crippen molar-refractivity contribution in [2.45, 2.75) is 39.2 Å². The Hall–Kier alpha value is -2.21. The number of hydrogen-bond donors (Lipinski definition) is 1. The molecule has 0 radical (unpaired) electrons. The van der Waals surface area contributed by atoms with Crippen LogP contribution in [0.5, 0.6) is 0 Å². The van der Waals surface area contributed by atoms with E-state index < -0.39 is 5.41 Å². The van der Waals surface area contributed by atoms with E-state index in [0.29, 0.717) is 19.8 Å². The molecule has 1 amide bonds. The van der Waals surface area contributed by atoms with E-state index >= 15 is 0 Å². The zero-order valence-corrected chi connectivity index (χ0v) is 14.9. The van der Waals surface area contributed by atoms with Gasteiger partial charge in [0.15, 0.2) is 0 Å². The van der Waals surface area contributed by atoms with Crippen LogP contribution in [0, 0.1) is 5.41 Å². The topological polar surface area (TPSA) is 71.1 Å². The molecule has 0 bridgehead atoms. The van der Waals surface area contributed by atoms with Gasteiger partial charge in [-0.2, -0.15) is 5.10 Å². The fourth-order valence-corrected chi connectivity index (χ4v) is 3.28. The average Bonchev–Trinajstić information content (AvgIpc) is 3.17. The Morgan fingerprint density at radius 2 is 2.16 bits per heavy atom. The molecule has 2 heterocycles. The second-order valence-corrected chi connectivity index (χ2v) is 7.32. The van der Waals surface area contributed by atoms with Crippen LogP contribution in [0.3, 0.4) is 0 Å². The highest BCUT2D eigenvalue weighted by atomic mass is 16.5. The number of nitrogens with one attached hydrogen (secondary N) is 1. The number of piperidine rings is 1. The molecule has 6 heteroatoms. The van der Waals surface area contributed by atoms with Crippen LogP contribution in [0.25, 0.3) is 0 Å². The van der Waals surface area contributed by atoms with Gasteiger partial charge in [-0.15, -0.1) is 0 Å². The predicted molar refractivity (Wildman–Crippen MR) is 94.8 cm³/mol. The van der Waals surface area contributed by atoms with Gasteiger partial charge in [0.2, 0.25) is 5.91 Å². The zero-order valence-electron chi connectivity index (χ0n) is 14.9. The zero-order chi connectivity index (χ0) is 17.7. The summed E-state index contributed by atoms with van der Waals surface area (Å²) in [5, 5.41) is 6.86. The molecular formula is C19H26N4O2. The van der Waals surface area contributed by atoms with Crippen LogP contribution in [0.2, 0.25) is 0 Å². The standard InChI is InChI=1S/C19H26N4O2/c1-19(2,13-25-12-15-7-4-3-5-8-15)18(24)23-10-6-9-16(11-23)17-20-14-21-22-17/h3-5,7-8,14,16H,6,9-13H2,1-2H3,(H,20,21,22). The minimum atomic E-state index is -0.544. The van der Waals surface area contributed by atoms with Gasteiger partial charge in [0.25, 0.3) is 0 Å². The predicted octanol–water partition coefficient (Wildman–Crippen LogP) is 2.75. The Morgan fingerprint density at radius 3 is 2.88 bits per heavy atom. The maximum Gasteiger partial charge on any atom is 0.230 e. The van der Waals surface area contributed by atoms with Crippen molar-refractivity contribution < 1.29 is 9.53 Å². The van der Waals surface area contributed by atoms with Crippen molar-refractivity contribution in [2.75, 3.05) is 19.7 Å². The van der Waals surface area contributed by atoms with Crippen LogP contribution in [0.4, 0.5) is 0 Å². The Bertz CT molecular complexity index is 670. The van der Waals surface area contributed by atoms with Crippen LogP contribution < -0.4 is 0 Å². The van der Waals surface area contributed by atoms with Crippen LogP contribution in [0.15, 0.2) is 36.7 Å². The van der Waals surface area contributed by atoms with E-state index in [1.165, 1.54) is 6.33 Å². The van der Waals surface area contributed by atoms with E-state index in [4.69, 9.17) is 4.74 Å². The highest BCUT2D eigenvalue weighted by Gasteiger charge is 2.35. The molecule has 1 aromatic heterocycles. The molecule has 134 valence electrons. The Kier molecular flexibility index (Phi) is 5.48. The molecule has 1 unspecified atom stereocenters. The van der Waals surface area contributed by atoms with Crippen LogP contribution in [-0.4, -0.2) is 45.7 Å². The van der Waals surface area contributed by atoms with Gasteiger partial charge < -0.3 is 9.64 Å². The van der Waals surface area contributed by atoms with Gasteiger partial charge in [-0.25, -0.2) is 4.98 Å².